The van der Waals surface area contributed by atoms with E-state index in [-0.39, 0.29) is 5.91 Å². The third-order valence-corrected chi connectivity index (χ3v) is 4.83. The second-order valence-electron chi connectivity index (χ2n) is 7.59. The van der Waals surface area contributed by atoms with Crippen molar-refractivity contribution >= 4 is 22.4 Å². The molecule has 0 bridgehead atoms. The maximum Gasteiger partial charge on any atom is 0.244 e. The molecular weight excluding hydrogens is 378 g/mol. The first-order valence-corrected chi connectivity index (χ1v) is 10.2. The first-order chi connectivity index (χ1) is 14.4. The number of para-hydroxylation sites is 1. The van der Waals surface area contributed by atoms with Gasteiger partial charge in [-0.05, 0) is 37.5 Å². The summed E-state index contributed by atoms with van der Waals surface area (Å²) in [6, 6.07) is 11.7. The van der Waals surface area contributed by atoms with Crippen LogP contribution in [0.5, 0.6) is 11.5 Å². The number of hydrogen-bond donors (Lipinski definition) is 1. The third kappa shape index (κ3) is 4.67. The van der Waals surface area contributed by atoms with Crippen LogP contribution in [0.4, 0.5) is 0 Å². The number of rotatable bonds is 8. The van der Waals surface area contributed by atoms with Crippen molar-refractivity contribution in [3.05, 3.63) is 54.3 Å². The molecule has 0 aliphatic carbocycles. The zero-order valence-corrected chi connectivity index (χ0v) is 18.2. The van der Waals surface area contributed by atoms with Crippen LogP contribution in [0.3, 0.4) is 0 Å². The number of methoxy groups -OCH3 is 1. The summed E-state index contributed by atoms with van der Waals surface area (Å²) in [6.07, 6.45) is 3.35. The zero-order chi connectivity index (χ0) is 21.7. The van der Waals surface area contributed by atoms with Gasteiger partial charge in [0.05, 0.1) is 20.0 Å². The molecule has 2 aromatic carbocycles. The van der Waals surface area contributed by atoms with Crippen LogP contribution >= 0.6 is 0 Å². The number of nitrogens with one attached hydrogen (secondary N) is 1. The number of furan rings is 1. The van der Waals surface area contributed by atoms with Gasteiger partial charge in [-0.25, -0.2) is 0 Å². The highest BCUT2D eigenvalue weighted by atomic mass is 16.5. The quantitative estimate of drug-likeness (QED) is 0.488. The molecule has 0 aliphatic heterocycles. The summed E-state index contributed by atoms with van der Waals surface area (Å²) in [5.41, 5.74) is 4.30. The van der Waals surface area contributed by atoms with Crippen LogP contribution in [0, 0.1) is 5.92 Å². The number of allylic oxidation sites excluding steroid dienone is 1. The largest absolute Gasteiger partial charge is 0.496 e. The predicted octanol–water partition coefficient (Wildman–Crippen LogP) is 5.68. The minimum atomic E-state index is -0.110. The van der Waals surface area contributed by atoms with E-state index >= 15 is 0 Å². The molecule has 1 N–H and O–H groups in total. The average Bonchev–Trinajstić information content (AvgIpc) is 3.14. The number of ether oxygens (including phenoxy) is 2. The van der Waals surface area contributed by atoms with Gasteiger partial charge in [-0.1, -0.05) is 32.0 Å². The summed E-state index contributed by atoms with van der Waals surface area (Å²) in [5, 5.41) is 3.87. The summed E-state index contributed by atoms with van der Waals surface area (Å²) >= 11 is 0. The Morgan fingerprint density at radius 3 is 2.63 bits per heavy atom. The molecule has 0 fully saturated rings. The molecule has 3 aromatic rings. The lowest BCUT2D eigenvalue weighted by Crippen LogP contribution is -2.25. The molecule has 0 spiro atoms. The standard InChI is InChI=1S/C25H29NO4/c1-6-29-23-13-24-20(12-19(23)17(4)11-25(27)26-14-16(2)3)21(15-30-24)18-9-7-8-10-22(18)28-5/h7-13,15-16H,6,14H2,1-5H3,(H,26,27)/b17-11+. The molecule has 0 unspecified atom stereocenters. The molecule has 0 radical (unpaired) electrons. The van der Waals surface area contributed by atoms with Gasteiger partial charge in [-0.2, -0.15) is 0 Å². The summed E-state index contributed by atoms with van der Waals surface area (Å²) in [7, 11) is 1.66. The van der Waals surface area contributed by atoms with E-state index in [4.69, 9.17) is 13.9 Å². The molecule has 3 rings (SSSR count). The second-order valence-corrected chi connectivity index (χ2v) is 7.59. The normalized spacial score (nSPS) is 11.7. The summed E-state index contributed by atoms with van der Waals surface area (Å²) < 4.78 is 17.2. The number of fused-ring (bicyclic) bond motifs is 1. The number of benzene rings is 2. The van der Waals surface area contributed by atoms with Crippen LogP contribution in [0.2, 0.25) is 0 Å². The molecule has 0 saturated heterocycles. The molecule has 1 heterocycles. The Bertz CT molecular complexity index is 1060. The van der Waals surface area contributed by atoms with Crippen molar-refractivity contribution < 1.29 is 18.7 Å². The van der Waals surface area contributed by atoms with E-state index < -0.39 is 0 Å². The van der Waals surface area contributed by atoms with Gasteiger partial charge >= 0.3 is 0 Å². The molecule has 5 nitrogen and oxygen atoms in total. The second kappa shape index (κ2) is 9.53. The lowest BCUT2D eigenvalue weighted by Gasteiger charge is -2.12. The minimum absolute atomic E-state index is 0.110. The van der Waals surface area contributed by atoms with Crippen molar-refractivity contribution in [3.8, 4) is 22.6 Å². The van der Waals surface area contributed by atoms with E-state index in [1.807, 2.05) is 50.2 Å². The summed E-state index contributed by atoms with van der Waals surface area (Å²) in [6.45, 7) is 9.14. The molecule has 0 saturated carbocycles. The highest BCUT2D eigenvalue weighted by Gasteiger charge is 2.17. The average molecular weight is 408 g/mol. The van der Waals surface area contributed by atoms with E-state index in [0.29, 0.717) is 24.8 Å². The topological polar surface area (TPSA) is 60.7 Å². The molecule has 1 amide bonds. The Hall–Kier alpha value is -3.21. The van der Waals surface area contributed by atoms with Crippen LogP contribution in [0.1, 0.15) is 33.3 Å². The van der Waals surface area contributed by atoms with E-state index in [2.05, 4.69) is 19.2 Å². The fraction of sp³-hybridized carbons (Fsp3) is 0.320. The minimum Gasteiger partial charge on any atom is -0.496 e. The van der Waals surface area contributed by atoms with Crippen molar-refractivity contribution in [1.82, 2.24) is 5.32 Å². The van der Waals surface area contributed by atoms with E-state index in [9.17, 15) is 4.79 Å². The molecule has 158 valence electrons. The SMILES string of the molecule is CCOc1cc2occ(-c3ccccc3OC)c2cc1/C(C)=C/C(=O)NCC(C)C. The first kappa shape index (κ1) is 21.5. The van der Waals surface area contributed by atoms with E-state index in [0.717, 1.165) is 39.0 Å². The summed E-state index contributed by atoms with van der Waals surface area (Å²) in [4.78, 5) is 12.3. The monoisotopic (exact) mass is 407 g/mol. The van der Waals surface area contributed by atoms with Gasteiger partial charge in [0.2, 0.25) is 5.91 Å². The Labute approximate surface area is 177 Å². The number of hydrogen-bond acceptors (Lipinski definition) is 4. The fourth-order valence-corrected chi connectivity index (χ4v) is 3.34. The van der Waals surface area contributed by atoms with Gasteiger partial charge in [0.25, 0.3) is 0 Å². The van der Waals surface area contributed by atoms with Crippen LogP contribution in [-0.2, 0) is 4.79 Å². The van der Waals surface area contributed by atoms with Gasteiger partial charge in [0.15, 0.2) is 0 Å². The number of amides is 1. The van der Waals surface area contributed by atoms with Crippen LogP contribution in [-0.4, -0.2) is 26.2 Å². The third-order valence-electron chi connectivity index (χ3n) is 4.83. The highest BCUT2D eigenvalue weighted by molar-refractivity contribution is 6.01. The Morgan fingerprint density at radius 1 is 1.17 bits per heavy atom. The summed E-state index contributed by atoms with van der Waals surface area (Å²) in [5.74, 6) is 1.75. The van der Waals surface area contributed by atoms with Gasteiger partial charge in [0, 0.05) is 40.8 Å². The maximum atomic E-state index is 12.3. The fourth-order valence-electron chi connectivity index (χ4n) is 3.34. The van der Waals surface area contributed by atoms with Crippen molar-refractivity contribution in [2.24, 2.45) is 5.92 Å². The van der Waals surface area contributed by atoms with Crippen LogP contribution < -0.4 is 14.8 Å². The van der Waals surface area contributed by atoms with E-state index in [1.165, 1.54) is 0 Å². The zero-order valence-electron chi connectivity index (χ0n) is 18.2. The van der Waals surface area contributed by atoms with Crippen molar-refractivity contribution in [2.75, 3.05) is 20.3 Å². The van der Waals surface area contributed by atoms with Crippen LogP contribution in [0.25, 0.3) is 27.7 Å². The molecule has 1 aromatic heterocycles. The van der Waals surface area contributed by atoms with Gasteiger partial charge in [-0.15, -0.1) is 0 Å². The van der Waals surface area contributed by atoms with Gasteiger partial charge in [0.1, 0.15) is 17.1 Å². The number of carbonyl (C=O) groups is 1. The van der Waals surface area contributed by atoms with Crippen molar-refractivity contribution in [3.63, 3.8) is 0 Å². The Kier molecular flexibility index (Phi) is 6.83. The lowest BCUT2D eigenvalue weighted by molar-refractivity contribution is -0.116. The Balaban J connectivity index is 2.09. The molecule has 0 aliphatic rings. The molecule has 30 heavy (non-hydrogen) atoms. The Morgan fingerprint density at radius 2 is 1.93 bits per heavy atom. The molecular formula is C25H29NO4. The van der Waals surface area contributed by atoms with Crippen LogP contribution in [0.15, 0.2) is 53.2 Å². The van der Waals surface area contributed by atoms with E-state index in [1.54, 1.807) is 19.4 Å². The van der Waals surface area contributed by atoms with Gasteiger partial charge in [-0.3, -0.25) is 4.79 Å². The maximum absolute atomic E-state index is 12.3. The predicted molar refractivity (Wildman–Crippen MR) is 121 cm³/mol. The first-order valence-electron chi connectivity index (χ1n) is 10.2. The van der Waals surface area contributed by atoms with Crippen molar-refractivity contribution in [2.45, 2.75) is 27.7 Å². The van der Waals surface area contributed by atoms with Gasteiger partial charge < -0.3 is 19.2 Å². The molecule has 0 atom stereocenters. The highest BCUT2D eigenvalue weighted by Crippen LogP contribution is 2.40. The lowest BCUT2D eigenvalue weighted by atomic mass is 9.98. The molecule has 5 heteroatoms. The van der Waals surface area contributed by atoms with Crippen molar-refractivity contribution in [1.29, 1.82) is 0 Å². The number of carbonyl (C=O) groups excluding carboxylic acids is 1. The smallest absolute Gasteiger partial charge is 0.244 e.